The smallest absolute Gasteiger partial charge is 0.344 e. The molecule has 2 aromatic carbocycles. The molecule has 0 bridgehead atoms. The molecular formula is C21H20N2O4. The van der Waals surface area contributed by atoms with E-state index in [-0.39, 0.29) is 11.9 Å². The van der Waals surface area contributed by atoms with Crippen molar-refractivity contribution in [3.8, 4) is 0 Å². The number of allylic oxidation sites excluding steroid dienone is 1. The first-order valence-electron chi connectivity index (χ1n) is 8.67. The van der Waals surface area contributed by atoms with Crippen molar-refractivity contribution in [2.75, 3.05) is 11.5 Å². The van der Waals surface area contributed by atoms with Crippen LogP contribution in [0.4, 0.5) is 5.69 Å². The van der Waals surface area contributed by atoms with E-state index >= 15 is 0 Å². The lowest BCUT2D eigenvalue weighted by Gasteiger charge is -2.43. The summed E-state index contributed by atoms with van der Waals surface area (Å²) in [6, 6.07) is 19.0. The van der Waals surface area contributed by atoms with E-state index in [0.29, 0.717) is 17.7 Å². The van der Waals surface area contributed by atoms with Crippen LogP contribution in [0.5, 0.6) is 0 Å². The van der Waals surface area contributed by atoms with Crippen LogP contribution in [-0.2, 0) is 14.4 Å². The first kappa shape index (κ1) is 18.4. The first-order chi connectivity index (χ1) is 13.1. The van der Waals surface area contributed by atoms with Gasteiger partial charge < -0.3 is 9.94 Å². The summed E-state index contributed by atoms with van der Waals surface area (Å²) in [5, 5.41) is 12.5. The van der Waals surface area contributed by atoms with E-state index in [0.717, 1.165) is 11.3 Å². The van der Waals surface area contributed by atoms with E-state index in [1.54, 1.807) is 11.0 Å². The average Bonchev–Trinajstić information content (AvgIpc) is 2.69. The number of benzene rings is 2. The summed E-state index contributed by atoms with van der Waals surface area (Å²) in [5.74, 6) is -1.20. The topological polar surface area (TPSA) is 79.2 Å². The highest BCUT2D eigenvalue weighted by Crippen LogP contribution is 2.42. The highest BCUT2D eigenvalue weighted by Gasteiger charge is 2.43. The van der Waals surface area contributed by atoms with Crippen LogP contribution >= 0.6 is 0 Å². The van der Waals surface area contributed by atoms with Crippen LogP contribution in [0.15, 0.2) is 77.5 Å². The van der Waals surface area contributed by atoms with Crippen LogP contribution in [-0.4, -0.2) is 29.3 Å². The molecule has 2 aromatic rings. The van der Waals surface area contributed by atoms with E-state index in [9.17, 15) is 9.59 Å². The second kappa shape index (κ2) is 8.31. The number of nitrogens with zero attached hydrogens (tertiary/aromatic N) is 2. The minimum atomic E-state index is -1.10. The molecule has 1 aliphatic rings. The molecular weight excluding hydrogens is 344 g/mol. The maximum atomic E-state index is 12.8. The quantitative estimate of drug-likeness (QED) is 0.353. The predicted octanol–water partition coefficient (Wildman–Crippen LogP) is 3.57. The van der Waals surface area contributed by atoms with Gasteiger partial charge >= 0.3 is 5.97 Å². The van der Waals surface area contributed by atoms with Gasteiger partial charge in [0.05, 0.1) is 11.8 Å². The predicted molar refractivity (Wildman–Crippen MR) is 103 cm³/mol. The zero-order valence-corrected chi connectivity index (χ0v) is 14.9. The third-order valence-electron chi connectivity index (χ3n) is 4.22. The fraction of sp³-hybridized carbons (Fsp3) is 0.190. The minimum Gasteiger partial charge on any atom is -0.479 e. The van der Waals surface area contributed by atoms with Gasteiger partial charge in [-0.3, -0.25) is 9.69 Å². The summed E-state index contributed by atoms with van der Waals surface area (Å²) in [5.41, 5.74) is 2.94. The number of amides is 1. The molecule has 0 aliphatic carbocycles. The second-order valence-corrected chi connectivity index (χ2v) is 6.03. The maximum absolute atomic E-state index is 12.8. The van der Waals surface area contributed by atoms with Gasteiger partial charge in [0.1, 0.15) is 0 Å². The number of β-lactam (4-membered cyclic amide) rings is 1. The Hall–Kier alpha value is -3.41. The largest absolute Gasteiger partial charge is 0.479 e. The summed E-state index contributed by atoms with van der Waals surface area (Å²) in [6.45, 7) is 1.36. The Morgan fingerprint density at radius 2 is 1.78 bits per heavy atom. The Bertz CT molecular complexity index is 876. The number of hydrogen-bond acceptors (Lipinski definition) is 4. The van der Waals surface area contributed by atoms with Gasteiger partial charge in [-0.05, 0) is 30.2 Å². The molecule has 6 nitrogen and oxygen atoms in total. The molecule has 138 valence electrons. The summed E-state index contributed by atoms with van der Waals surface area (Å²) < 4.78 is 0. The Balaban J connectivity index is 1.94. The third-order valence-corrected chi connectivity index (χ3v) is 4.22. The number of rotatable bonds is 7. The van der Waals surface area contributed by atoms with Crippen molar-refractivity contribution in [1.82, 2.24) is 0 Å². The SMILES string of the molecule is CCC(/C=C1\C(=O)N(c2ccccc2)C1c1ccccc1)=N/OCC(=O)O. The highest BCUT2D eigenvalue weighted by atomic mass is 16.6. The second-order valence-electron chi connectivity index (χ2n) is 6.03. The Morgan fingerprint density at radius 1 is 1.15 bits per heavy atom. The fourth-order valence-corrected chi connectivity index (χ4v) is 2.95. The number of anilines is 1. The van der Waals surface area contributed by atoms with Crippen molar-refractivity contribution in [2.24, 2.45) is 5.16 Å². The summed E-state index contributed by atoms with van der Waals surface area (Å²) in [4.78, 5) is 30.0. The lowest BCUT2D eigenvalue weighted by molar-refractivity contribution is -0.142. The van der Waals surface area contributed by atoms with E-state index in [1.807, 2.05) is 67.6 Å². The van der Waals surface area contributed by atoms with E-state index < -0.39 is 12.6 Å². The van der Waals surface area contributed by atoms with Gasteiger partial charge in [0, 0.05) is 11.3 Å². The molecule has 0 radical (unpaired) electrons. The fourth-order valence-electron chi connectivity index (χ4n) is 2.95. The van der Waals surface area contributed by atoms with Gasteiger partial charge in [0.2, 0.25) is 6.61 Å². The molecule has 3 rings (SSSR count). The van der Waals surface area contributed by atoms with Crippen molar-refractivity contribution in [1.29, 1.82) is 0 Å². The Labute approximate surface area is 157 Å². The zero-order valence-electron chi connectivity index (χ0n) is 14.9. The molecule has 27 heavy (non-hydrogen) atoms. The molecule has 1 amide bonds. The summed E-state index contributed by atoms with van der Waals surface area (Å²) in [7, 11) is 0. The molecule has 0 spiro atoms. The number of carboxylic acid groups (broad SMARTS) is 1. The van der Waals surface area contributed by atoms with Crippen LogP contribution < -0.4 is 4.90 Å². The van der Waals surface area contributed by atoms with Crippen molar-refractivity contribution in [2.45, 2.75) is 19.4 Å². The number of aliphatic carboxylic acids is 1. The standard InChI is InChI=1S/C21H20N2O4/c1-2-16(22-27-14-19(24)25)13-18-20(15-9-5-3-6-10-15)23(21(18)26)17-11-7-4-8-12-17/h3-13,20H,2,14H2,1H3,(H,24,25)/b18-13-,22-16-. The Kier molecular flexibility index (Phi) is 5.66. The van der Waals surface area contributed by atoms with Crippen LogP contribution in [0.25, 0.3) is 0 Å². The summed E-state index contributed by atoms with van der Waals surface area (Å²) >= 11 is 0. The molecule has 0 saturated carbocycles. The normalized spacial score (nSPS) is 18.3. The average molecular weight is 364 g/mol. The number of oxime groups is 1. The van der Waals surface area contributed by atoms with Crippen molar-refractivity contribution in [3.63, 3.8) is 0 Å². The van der Waals surface area contributed by atoms with Crippen LogP contribution in [0.2, 0.25) is 0 Å². The summed E-state index contributed by atoms with van der Waals surface area (Å²) in [6.07, 6.45) is 2.21. The van der Waals surface area contributed by atoms with Crippen LogP contribution in [0.3, 0.4) is 0 Å². The van der Waals surface area contributed by atoms with Gasteiger partial charge in [0.25, 0.3) is 5.91 Å². The number of carboxylic acids is 1. The number of carbonyl (C=O) groups is 2. The molecule has 1 atom stereocenters. The number of carbonyl (C=O) groups excluding carboxylic acids is 1. The van der Waals surface area contributed by atoms with E-state index in [4.69, 9.17) is 9.94 Å². The number of para-hydroxylation sites is 1. The van der Waals surface area contributed by atoms with Crippen LogP contribution in [0, 0.1) is 0 Å². The van der Waals surface area contributed by atoms with Gasteiger partial charge in [0.15, 0.2) is 0 Å². The van der Waals surface area contributed by atoms with Gasteiger partial charge in [-0.25, -0.2) is 4.79 Å². The van der Waals surface area contributed by atoms with Crippen molar-refractivity contribution in [3.05, 3.63) is 77.9 Å². The minimum absolute atomic E-state index is 0.102. The van der Waals surface area contributed by atoms with Gasteiger partial charge in [-0.2, -0.15) is 0 Å². The first-order valence-corrected chi connectivity index (χ1v) is 8.67. The molecule has 1 fully saturated rings. The number of hydrogen-bond donors (Lipinski definition) is 1. The molecule has 1 unspecified atom stereocenters. The van der Waals surface area contributed by atoms with Gasteiger partial charge in [-0.1, -0.05) is 60.6 Å². The zero-order chi connectivity index (χ0) is 19.2. The lowest BCUT2D eigenvalue weighted by Crippen LogP contribution is -2.49. The molecule has 1 aliphatic heterocycles. The van der Waals surface area contributed by atoms with Crippen LogP contribution in [0.1, 0.15) is 24.9 Å². The van der Waals surface area contributed by atoms with E-state index in [1.165, 1.54) is 0 Å². The molecule has 1 saturated heterocycles. The molecule has 6 heteroatoms. The van der Waals surface area contributed by atoms with Gasteiger partial charge in [-0.15, -0.1) is 0 Å². The highest BCUT2D eigenvalue weighted by molar-refractivity contribution is 6.18. The van der Waals surface area contributed by atoms with Crippen molar-refractivity contribution >= 4 is 23.3 Å². The maximum Gasteiger partial charge on any atom is 0.344 e. The molecule has 1 heterocycles. The lowest BCUT2D eigenvalue weighted by atomic mass is 9.86. The monoisotopic (exact) mass is 364 g/mol. The molecule has 1 N–H and O–H groups in total. The Morgan fingerprint density at radius 3 is 2.37 bits per heavy atom. The van der Waals surface area contributed by atoms with E-state index in [2.05, 4.69) is 5.16 Å². The molecule has 0 aromatic heterocycles. The third kappa shape index (κ3) is 4.06. The van der Waals surface area contributed by atoms with Crippen molar-refractivity contribution < 1.29 is 19.5 Å².